The zero-order chi connectivity index (χ0) is 22.0. The maximum atomic E-state index is 4.71. The number of rotatable bonds is 2. The van der Waals surface area contributed by atoms with Gasteiger partial charge in [0.1, 0.15) is 0 Å². The van der Waals surface area contributed by atoms with Gasteiger partial charge >= 0.3 is 191 Å². The molecule has 0 aliphatic carbocycles. The second-order valence-corrected chi connectivity index (χ2v) is 12.6. The van der Waals surface area contributed by atoms with E-state index in [1.54, 1.807) is 0 Å². The molecule has 0 bridgehead atoms. The summed E-state index contributed by atoms with van der Waals surface area (Å²) in [6.45, 7) is 8.21. The standard InChI is InChI=1S/C21H26IN9/c1-12-16(30-15(4)28(6)20-18(30)10-24-13(2)26-20)8-23-9-17(12)31-19-11-25-14(3)27-21(19)29(7)22(31)5/h8-11,15H,1-7H3/t15-/m0/s1. The first-order chi connectivity index (χ1) is 14.8. The van der Waals surface area contributed by atoms with Crippen LogP contribution < -0.4 is 16.0 Å². The molecule has 31 heavy (non-hydrogen) atoms. The van der Waals surface area contributed by atoms with E-state index in [-0.39, 0.29) is 6.17 Å². The summed E-state index contributed by atoms with van der Waals surface area (Å²) < 4.78 is 4.75. The summed E-state index contributed by atoms with van der Waals surface area (Å²) in [6.07, 6.45) is 7.88. The summed E-state index contributed by atoms with van der Waals surface area (Å²) in [7, 11) is 4.21. The molecule has 5 rings (SSSR count). The van der Waals surface area contributed by atoms with Crippen molar-refractivity contribution >= 4 is 54.8 Å². The van der Waals surface area contributed by atoms with Gasteiger partial charge in [-0.2, -0.15) is 0 Å². The topological polar surface area (TPSA) is 77.4 Å². The van der Waals surface area contributed by atoms with Crippen molar-refractivity contribution in [2.75, 3.05) is 35.1 Å². The summed E-state index contributed by atoms with van der Waals surface area (Å²) in [4.78, 5) is 29.8. The van der Waals surface area contributed by atoms with Gasteiger partial charge in [0.2, 0.25) is 0 Å². The fraction of sp³-hybridized carbons (Fsp3) is 0.381. The number of aryl methyl sites for hydroxylation is 2. The number of aromatic nitrogens is 5. The van der Waals surface area contributed by atoms with Crippen molar-refractivity contribution in [3.05, 3.63) is 42.0 Å². The van der Waals surface area contributed by atoms with Crippen LogP contribution in [-0.2, 0) is 0 Å². The number of nitrogens with zero attached hydrogens (tertiary/aromatic N) is 9. The Labute approximate surface area is 190 Å². The van der Waals surface area contributed by atoms with Gasteiger partial charge in [0.25, 0.3) is 0 Å². The van der Waals surface area contributed by atoms with Crippen LogP contribution in [0.4, 0.5) is 34.4 Å². The molecule has 0 radical (unpaired) electrons. The zero-order valence-electron chi connectivity index (χ0n) is 18.8. The van der Waals surface area contributed by atoms with Crippen molar-refractivity contribution in [2.45, 2.75) is 33.9 Å². The number of alkyl halides is 1. The second-order valence-electron chi connectivity index (χ2n) is 7.84. The first kappa shape index (κ1) is 20.2. The van der Waals surface area contributed by atoms with Crippen molar-refractivity contribution in [3.8, 4) is 0 Å². The Balaban J connectivity index is 1.64. The van der Waals surface area contributed by atoms with Crippen LogP contribution in [0.15, 0.2) is 24.8 Å². The van der Waals surface area contributed by atoms with E-state index in [2.05, 4.69) is 68.8 Å². The monoisotopic (exact) mass is 531 g/mol. The van der Waals surface area contributed by atoms with Gasteiger partial charge in [0.05, 0.1) is 0 Å². The van der Waals surface area contributed by atoms with Gasteiger partial charge in [-0.15, -0.1) is 0 Å². The molecule has 0 fully saturated rings. The van der Waals surface area contributed by atoms with Crippen LogP contribution in [-0.4, -0.2) is 50.1 Å². The second kappa shape index (κ2) is 7.14. The molecule has 0 aromatic carbocycles. The van der Waals surface area contributed by atoms with Crippen molar-refractivity contribution in [1.29, 1.82) is 0 Å². The first-order valence-electron chi connectivity index (χ1n) is 10.1. The van der Waals surface area contributed by atoms with Gasteiger partial charge in [-0.1, -0.05) is 0 Å². The fourth-order valence-electron chi connectivity index (χ4n) is 4.15. The molecule has 0 saturated heterocycles. The van der Waals surface area contributed by atoms with E-state index in [4.69, 9.17) is 4.98 Å². The quantitative estimate of drug-likeness (QED) is 0.276. The van der Waals surface area contributed by atoms with Crippen LogP contribution in [0.5, 0.6) is 0 Å². The molecule has 2 aliphatic heterocycles. The van der Waals surface area contributed by atoms with Gasteiger partial charge in [0.15, 0.2) is 0 Å². The molecule has 0 unspecified atom stereocenters. The van der Waals surface area contributed by atoms with Crippen LogP contribution in [0.2, 0.25) is 0 Å². The van der Waals surface area contributed by atoms with Gasteiger partial charge in [-0.05, 0) is 0 Å². The minimum atomic E-state index is -1.71. The van der Waals surface area contributed by atoms with E-state index in [1.165, 1.54) is 5.56 Å². The van der Waals surface area contributed by atoms with Crippen LogP contribution in [0.25, 0.3) is 0 Å². The Morgan fingerprint density at radius 3 is 2.13 bits per heavy atom. The number of hydrogen-bond donors (Lipinski definition) is 0. The molecule has 3 aromatic rings. The molecule has 0 N–H and O–H groups in total. The van der Waals surface area contributed by atoms with E-state index in [1.807, 2.05) is 38.6 Å². The van der Waals surface area contributed by atoms with Crippen molar-refractivity contribution in [1.82, 2.24) is 24.9 Å². The Kier molecular flexibility index (Phi) is 4.65. The van der Waals surface area contributed by atoms with Crippen molar-refractivity contribution < 1.29 is 0 Å². The number of anilines is 6. The van der Waals surface area contributed by atoms with E-state index >= 15 is 0 Å². The van der Waals surface area contributed by atoms with Crippen LogP contribution in [0.3, 0.4) is 0 Å². The predicted octanol–water partition coefficient (Wildman–Crippen LogP) is 4.07. The van der Waals surface area contributed by atoms with Crippen LogP contribution in [0, 0.1) is 20.8 Å². The summed E-state index contributed by atoms with van der Waals surface area (Å²) in [5, 5.41) is 0. The molecular weight excluding hydrogens is 505 g/mol. The zero-order valence-corrected chi connectivity index (χ0v) is 20.9. The third-order valence-electron chi connectivity index (χ3n) is 6.02. The number of hydrogen-bond acceptors (Lipinski definition) is 9. The van der Waals surface area contributed by atoms with Gasteiger partial charge < -0.3 is 0 Å². The molecule has 10 heteroatoms. The molecule has 2 aliphatic rings. The molecular formula is C21H26IN9. The third kappa shape index (κ3) is 2.91. The Morgan fingerprint density at radius 1 is 0.806 bits per heavy atom. The first-order valence-corrected chi connectivity index (χ1v) is 14.2. The molecule has 1 atom stereocenters. The molecule has 3 aromatic heterocycles. The minimum absolute atomic E-state index is 0.109. The van der Waals surface area contributed by atoms with E-state index in [0.717, 1.165) is 46.0 Å². The molecule has 0 amide bonds. The Hall–Kier alpha value is -2.76. The molecule has 5 heterocycles. The molecule has 9 nitrogen and oxygen atoms in total. The predicted molar refractivity (Wildman–Crippen MR) is 133 cm³/mol. The molecule has 0 spiro atoms. The summed E-state index contributed by atoms with van der Waals surface area (Å²) in [5.74, 6) is 3.52. The van der Waals surface area contributed by atoms with Crippen LogP contribution >= 0.6 is 20.4 Å². The number of fused-ring (bicyclic) bond motifs is 2. The van der Waals surface area contributed by atoms with Gasteiger partial charge in [-0.25, -0.2) is 0 Å². The number of halogens is 1. The summed E-state index contributed by atoms with van der Waals surface area (Å²) in [6, 6.07) is 0. The number of pyridine rings is 1. The fourth-order valence-corrected chi connectivity index (χ4v) is 8.14. The SMILES string of the molecule is Cc1ncc2c(n1)N(C)[C@H](C)N2c1cncc(N2c3cnc(C)nc3N(C)I2C)c1C. The van der Waals surface area contributed by atoms with E-state index in [0.29, 0.717) is 0 Å². The van der Waals surface area contributed by atoms with Crippen molar-refractivity contribution in [3.63, 3.8) is 0 Å². The third-order valence-corrected chi connectivity index (χ3v) is 11.0. The normalized spacial score (nSPS) is 18.7. The summed E-state index contributed by atoms with van der Waals surface area (Å²) in [5.41, 5.74) is 5.42. The van der Waals surface area contributed by atoms with Crippen LogP contribution in [0.1, 0.15) is 24.1 Å². The van der Waals surface area contributed by atoms with E-state index < -0.39 is 20.4 Å². The maximum absolute atomic E-state index is 4.71. The van der Waals surface area contributed by atoms with Crippen molar-refractivity contribution in [2.24, 2.45) is 0 Å². The van der Waals surface area contributed by atoms with E-state index in [9.17, 15) is 0 Å². The Bertz CT molecular complexity index is 1100. The average molecular weight is 531 g/mol. The molecule has 162 valence electrons. The Morgan fingerprint density at radius 2 is 1.42 bits per heavy atom. The van der Waals surface area contributed by atoms with Gasteiger partial charge in [0, 0.05) is 0 Å². The summed E-state index contributed by atoms with van der Waals surface area (Å²) >= 11 is -1.71. The average Bonchev–Trinajstić information content (AvgIpc) is 3.13. The molecule has 0 saturated carbocycles. The van der Waals surface area contributed by atoms with Gasteiger partial charge in [-0.3, -0.25) is 0 Å².